The minimum Gasteiger partial charge on any atom is -0.478 e. The van der Waals surface area contributed by atoms with Crippen molar-refractivity contribution in [1.82, 2.24) is 9.88 Å². The van der Waals surface area contributed by atoms with E-state index in [2.05, 4.69) is 40.8 Å². The second-order valence-electron chi connectivity index (χ2n) is 6.19. The van der Waals surface area contributed by atoms with Crippen LogP contribution in [0.15, 0.2) is 46.3 Å². The lowest BCUT2D eigenvalue weighted by atomic mass is 10.2. The third kappa shape index (κ3) is 4.32. The van der Waals surface area contributed by atoms with E-state index in [9.17, 15) is 9.90 Å². The fourth-order valence-electron chi connectivity index (χ4n) is 2.95. The zero-order chi connectivity index (χ0) is 17.8. The number of nitrogens with zero attached hydrogens (tertiary/aromatic N) is 3. The van der Waals surface area contributed by atoms with Crippen LogP contribution in [-0.2, 0) is 0 Å². The van der Waals surface area contributed by atoms with E-state index in [1.165, 1.54) is 11.8 Å². The zero-order valence-corrected chi connectivity index (χ0v) is 15.4. The second kappa shape index (κ2) is 7.89. The van der Waals surface area contributed by atoms with E-state index >= 15 is 0 Å². The van der Waals surface area contributed by atoms with Gasteiger partial charge in [-0.05, 0) is 31.7 Å². The Morgan fingerprint density at radius 2 is 2.00 bits per heavy atom. The zero-order valence-electron chi connectivity index (χ0n) is 14.6. The Bertz CT molecular complexity index is 758. The Morgan fingerprint density at radius 3 is 2.64 bits per heavy atom. The SMILES string of the molecule is CCN1CCN(c2ncc(C(=O)O)cc2Sc2cccc(C)c2)CC1. The highest BCUT2D eigenvalue weighted by molar-refractivity contribution is 7.99. The molecule has 1 aromatic carbocycles. The van der Waals surface area contributed by atoms with Crippen LogP contribution in [-0.4, -0.2) is 53.7 Å². The summed E-state index contributed by atoms with van der Waals surface area (Å²) in [5.74, 6) is -0.0618. The molecule has 0 atom stereocenters. The molecule has 0 saturated carbocycles. The van der Waals surface area contributed by atoms with E-state index in [-0.39, 0.29) is 5.56 Å². The van der Waals surface area contributed by atoms with Crippen molar-refractivity contribution < 1.29 is 9.90 Å². The second-order valence-corrected chi connectivity index (χ2v) is 7.31. The van der Waals surface area contributed by atoms with Gasteiger partial charge >= 0.3 is 5.97 Å². The van der Waals surface area contributed by atoms with Crippen LogP contribution in [0, 0.1) is 6.92 Å². The molecule has 5 nitrogen and oxygen atoms in total. The van der Waals surface area contributed by atoms with Crippen molar-refractivity contribution in [2.75, 3.05) is 37.6 Å². The van der Waals surface area contributed by atoms with Gasteiger partial charge in [-0.3, -0.25) is 0 Å². The van der Waals surface area contributed by atoms with Gasteiger partial charge in [0.15, 0.2) is 0 Å². The molecule has 1 N–H and O–H groups in total. The first kappa shape index (κ1) is 17.8. The summed E-state index contributed by atoms with van der Waals surface area (Å²) in [6, 6.07) is 9.97. The number of hydrogen-bond acceptors (Lipinski definition) is 5. The molecule has 0 amide bonds. The molecule has 0 bridgehead atoms. The molecule has 0 radical (unpaired) electrons. The smallest absolute Gasteiger partial charge is 0.337 e. The van der Waals surface area contributed by atoms with Crippen molar-refractivity contribution in [3.05, 3.63) is 47.7 Å². The monoisotopic (exact) mass is 357 g/mol. The molecule has 0 unspecified atom stereocenters. The maximum Gasteiger partial charge on any atom is 0.337 e. The van der Waals surface area contributed by atoms with E-state index in [0.717, 1.165) is 48.3 Å². The summed E-state index contributed by atoms with van der Waals surface area (Å²) in [4.78, 5) is 22.5. The molecule has 2 heterocycles. The first-order valence-corrected chi connectivity index (χ1v) is 9.33. The predicted octanol–water partition coefficient (Wildman–Crippen LogP) is 3.38. The average Bonchev–Trinajstić information content (AvgIpc) is 2.62. The molecule has 1 saturated heterocycles. The number of hydrogen-bond donors (Lipinski definition) is 1. The quantitative estimate of drug-likeness (QED) is 0.885. The first-order chi connectivity index (χ1) is 12.1. The maximum absolute atomic E-state index is 11.4. The minimum absolute atomic E-state index is 0.228. The van der Waals surface area contributed by atoms with Crippen molar-refractivity contribution in [2.45, 2.75) is 23.6 Å². The van der Waals surface area contributed by atoms with Crippen LogP contribution >= 0.6 is 11.8 Å². The van der Waals surface area contributed by atoms with Gasteiger partial charge in [0.2, 0.25) is 0 Å². The lowest BCUT2D eigenvalue weighted by molar-refractivity contribution is 0.0696. The van der Waals surface area contributed by atoms with E-state index in [1.807, 2.05) is 12.1 Å². The van der Waals surface area contributed by atoms with E-state index in [4.69, 9.17) is 0 Å². The summed E-state index contributed by atoms with van der Waals surface area (Å²) in [5.41, 5.74) is 1.41. The Hall–Kier alpha value is -2.05. The van der Waals surface area contributed by atoms with Gasteiger partial charge in [0.25, 0.3) is 0 Å². The number of likely N-dealkylation sites (N-methyl/N-ethyl adjacent to an activating group) is 1. The molecule has 2 aromatic rings. The molecule has 6 heteroatoms. The van der Waals surface area contributed by atoms with Gasteiger partial charge < -0.3 is 14.9 Å². The molecule has 0 aliphatic carbocycles. The molecule has 25 heavy (non-hydrogen) atoms. The first-order valence-electron chi connectivity index (χ1n) is 8.52. The summed E-state index contributed by atoms with van der Waals surface area (Å²) in [6.45, 7) is 9.13. The number of carbonyl (C=O) groups is 1. The van der Waals surface area contributed by atoms with Gasteiger partial charge in [-0.2, -0.15) is 0 Å². The molecular formula is C19H23N3O2S. The van der Waals surface area contributed by atoms with Gasteiger partial charge in [-0.25, -0.2) is 9.78 Å². The summed E-state index contributed by atoms with van der Waals surface area (Å²) >= 11 is 1.58. The lowest BCUT2D eigenvalue weighted by Gasteiger charge is -2.35. The van der Waals surface area contributed by atoms with Crippen LogP contribution < -0.4 is 4.90 Å². The van der Waals surface area contributed by atoms with Gasteiger partial charge in [0.05, 0.1) is 10.5 Å². The molecule has 3 rings (SSSR count). The number of benzene rings is 1. The number of carboxylic acids is 1. The number of anilines is 1. The number of aromatic nitrogens is 1. The number of aryl methyl sites for hydroxylation is 1. The third-order valence-electron chi connectivity index (χ3n) is 4.42. The van der Waals surface area contributed by atoms with Gasteiger partial charge in [0, 0.05) is 37.3 Å². The van der Waals surface area contributed by atoms with Crippen LogP contribution in [0.25, 0.3) is 0 Å². The Labute approximate surface area is 152 Å². The van der Waals surface area contributed by atoms with Gasteiger partial charge in [-0.1, -0.05) is 36.4 Å². The van der Waals surface area contributed by atoms with Crippen molar-refractivity contribution in [3.63, 3.8) is 0 Å². The van der Waals surface area contributed by atoms with Crippen LogP contribution in [0.3, 0.4) is 0 Å². The molecule has 1 fully saturated rings. The fourth-order valence-corrected chi connectivity index (χ4v) is 4.05. The van der Waals surface area contributed by atoms with Crippen molar-refractivity contribution in [3.8, 4) is 0 Å². The van der Waals surface area contributed by atoms with Crippen LogP contribution in [0.1, 0.15) is 22.8 Å². The topological polar surface area (TPSA) is 56.7 Å². The molecule has 132 valence electrons. The number of aromatic carboxylic acids is 1. The Morgan fingerprint density at radius 1 is 1.24 bits per heavy atom. The van der Waals surface area contributed by atoms with Gasteiger partial charge in [0.1, 0.15) is 5.82 Å². The van der Waals surface area contributed by atoms with Crippen LogP contribution in [0.2, 0.25) is 0 Å². The predicted molar refractivity (Wildman–Crippen MR) is 101 cm³/mol. The van der Waals surface area contributed by atoms with Crippen molar-refractivity contribution in [1.29, 1.82) is 0 Å². The molecule has 1 aromatic heterocycles. The van der Waals surface area contributed by atoms with Gasteiger partial charge in [-0.15, -0.1) is 0 Å². The largest absolute Gasteiger partial charge is 0.478 e. The van der Waals surface area contributed by atoms with Crippen molar-refractivity contribution >= 4 is 23.5 Å². The van der Waals surface area contributed by atoms with Crippen LogP contribution in [0.4, 0.5) is 5.82 Å². The number of carboxylic acid groups (broad SMARTS) is 1. The normalized spacial score (nSPS) is 15.4. The summed E-state index contributed by atoms with van der Waals surface area (Å²) in [6.07, 6.45) is 1.46. The highest BCUT2D eigenvalue weighted by Gasteiger charge is 2.21. The summed E-state index contributed by atoms with van der Waals surface area (Å²) in [7, 11) is 0. The van der Waals surface area contributed by atoms with E-state index < -0.39 is 5.97 Å². The molecule has 1 aliphatic rings. The lowest BCUT2D eigenvalue weighted by Crippen LogP contribution is -2.46. The average molecular weight is 357 g/mol. The molecular weight excluding hydrogens is 334 g/mol. The number of rotatable bonds is 5. The molecule has 0 spiro atoms. The summed E-state index contributed by atoms with van der Waals surface area (Å²) in [5, 5.41) is 9.32. The number of pyridine rings is 1. The van der Waals surface area contributed by atoms with E-state index in [1.54, 1.807) is 17.8 Å². The minimum atomic E-state index is -0.944. The Kier molecular flexibility index (Phi) is 5.60. The third-order valence-corrected chi connectivity index (χ3v) is 5.43. The maximum atomic E-state index is 11.4. The van der Waals surface area contributed by atoms with Crippen molar-refractivity contribution in [2.24, 2.45) is 0 Å². The number of piperazine rings is 1. The molecule has 1 aliphatic heterocycles. The highest BCUT2D eigenvalue weighted by atomic mass is 32.2. The Balaban J connectivity index is 1.90. The standard InChI is InChI=1S/C19H23N3O2S/c1-3-21-7-9-22(10-8-21)18-17(12-15(13-20-18)19(23)24)25-16-6-4-5-14(2)11-16/h4-6,11-13H,3,7-10H2,1-2H3,(H,23,24). The van der Waals surface area contributed by atoms with Crippen LogP contribution in [0.5, 0.6) is 0 Å². The highest BCUT2D eigenvalue weighted by Crippen LogP contribution is 2.35. The fraction of sp³-hybridized carbons (Fsp3) is 0.368. The summed E-state index contributed by atoms with van der Waals surface area (Å²) < 4.78 is 0. The van der Waals surface area contributed by atoms with E-state index in [0.29, 0.717) is 0 Å².